The summed E-state index contributed by atoms with van der Waals surface area (Å²) in [6.45, 7) is 0.338. The van der Waals surface area contributed by atoms with Crippen LogP contribution in [0.2, 0.25) is 5.02 Å². The predicted molar refractivity (Wildman–Crippen MR) is 96.6 cm³/mol. The van der Waals surface area contributed by atoms with Crippen molar-refractivity contribution in [3.63, 3.8) is 0 Å². The Balaban J connectivity index is 1.89. The average molecular weight is 352 g/mol. The van der Waals surface area contributed by atoms with Crippen molar-refractivity contribution in [2.45, 2.75) is 6.54 Å². The van der Waals surface area contributed by atoms with Gasteiger partial charge in [0, 0.05) is 30.0 Å². The Morgan fingerprint density at radius 3 is 2.76 bits per heavy atom. The molecule has 4 rings (SSSR count). The molecule has 7 heteroatoms. The summed E-state index contributed by atoms with van der Waals surface area (Å²) < 4.78 is 3.19. The molecular weight excluding hydrogens is 338 g/mol. The van der Waals surface area contributed by atoms with E-state index in [0.717, 1.165) is 16.6 Å². The van der Waals surface area contributed by atoms with E-state index in [-0.39, 0.29) is 5.69 Å². The number of fused-ring (bicyclic) bond motifs is 1. The van der Waals surface area contributed by atoms with Crippen LogP contribution in [0, 0.1) is 0 Å². The van der Waals surface area contributed by atoms with Gasteiger partial charge in [0.15, 0.2) is 5.65 Å². The third-order valence-electron chi connectivity index (χ3n) is 4.08. The molecule has 0 bridgehead atoms. The second-order valence-corrected chi connectivity index (χ2v) is 6.16. The van der Waals surface area contributed by atoms with Gasteiger partial charge in [-0.1, -0.05) is 23.7 Å². The average Bonchev–Trinajstić information content (AvgIpc) is 2.87. The summed E-state index contributed by atoms with van der Waals surface area (Å²) in [5, 5.41) is 8.59. The van der Waals surface area contributed by atoms with Crippen molar-refractivity contribution in [3.8, 4) is 11.1 Å². The van der Waals surface area contributed by atoms with Gasteiger partial charge in [0.1, 0.15) is 0 Å². The first-order valence-corrected chi connectivity index (χ1v) is 8.09. The maximum absolute atomic E-state index is 12.6. The lowest BCUT2D eigenvalue weighted by atomic mass is 10.1. The van der Waals surface area contributed by atoms with Crippen LogP contribution in [0.15, 0.2) is 59.7 Å². The Morgan fingerprint density at radius 1 is 1.12 bits per heavy atom. The van der Waals surface area contributed by atoms with E-state index < -0.39 is 0 Å². The topological polar surface area (TPSA) is 65.6 Å². The molecule has 0 saturated carbocycles. The summed E-state index contributed by atoms with van der Waals surface area (Å²) in [6, 6.07) is 13.1. The zero-order valence-electron chi connectivity index (χ0n) is 13.4. The minimum Gasteiger partial charge on any atom is -0.284 e. The largest absolute Gasteiger partial charge is 0.330 e. The van der Waals surface area contributed by atoms with Crippen LogP contribution in [-0.2, 0) is 13.6 Å². The summed E-state index contributed by atoms with van der Waals surface area (Å²) in [5.74, 6) is 0. The number of aromatic nitrogens is 5. The van der Waals surface area contributed by atoms with Crippen molar-refractivity contribution in [2.75, 3.05) is 0 Å². The van der Waals surface area contributed by atoms with Crippen LogP contribution < -0.4 is 5.69 Å². The Labute approximate surface area is 148 Å². The van der Waals surface area contributed by atoms with Gasteiger partial charge in [0.2, 0.25) is 0 Å². The van der Waals surface area contributed by atoms with Gasteiger partial charge in [-0.05, 0) is 35.9 Å². The summed E-state index contributed by atoms with van der Waals surface area (Å²) in [4.78, 5) is 17.1. The fourth-order valence-corrected chi connectivity index (χ4v) is 3.03. The van der Waals surface area contributed by atoms with Crippen molar-refractivity contribution >= 4 is 22.8 Å². The summed E-state index contributed by atoms with van der Waals surface area (Å²) in [5.41, 5.74) is 3.79. The Kier molecular flexibility index (Phi) is 3.82. The fourth-order valence-electron chi connectivity index (χ4n) is 2.84. The Morgan fingerprint density at radius 2 is 2.00 bits per heavy atom. The molecule has 0 aliphatic heterocycles. The van der Waals surface area contributed by atoms with E-state index in [1.165, 1.54) is 4.57 Å². The Bertz CT molecular complexity index is 1120. The van der Waals surface area contributed by atoms with E-state index in [0.29, 0.717) is 22.9 Å². The van der Waals surface area contributed by atoms with E-state index >= 15 is 0 Å². The molecule has 0 N–H and O–H groups in total. The number of hydrogen-bond acceptors (Lipinski definition) is 4. The van der Waals surface area contributed by atoms with E-state index in [2.05, 4.69) is 15.2 Å². The minimum atomic E-state index is -0.142. The first-order valence-electron chi connectivity index (χ1n) is 7.71. The number of aryl methyl sites for hydroxylation is 1. The van der Waals surface area contributed by atoms with Crippen molar-refractivity contribution in [2.24, 2.45) is 7.05 Å². The standard InChI is InChI=1S/C18H14ClN5O/c1-23-17-16(24(18(23)25)11-15-6-3-7-21-22-15)9-13(10-20-17)12-4-2-5-14(19)8-12/h2-10H,11H2,1H3. The molecule has 0 atom stereocenters. The van der Waals surface area contributed by atoms with E-state index in [9.17, 15) is 4.79 Å². The van der Waals surface area contributed by atoms with Crippen LogP contribution in [0.3, 0.4) is 0 Å². The Hall–Kier alpha value is -2.99. The molecule has 1 aromatic carbocycles. The third-order valence-corrected chi connectivity index (χ3v) is 4.31. The monoisotopic (exact) mass is 351 g/mol. The van der Waals surface area contributed by atoms with Crippen molar-refractivity contribution < 1.29 is 0 Å². The van der Waals surface area contributed by atoms with Gasteiger partial charge in [0.05, 0.1) is 17.8 Å². The van der Waals surface area contributed by atoms with Crippen LogP contribution >= 0.6 is 11.6 Å². The van der Waals surface area contributed by atoms with Crippen molar-refractivity contribution in [3.05, 3.63) is 76.1 Å². The zero-order valence-corrected chi connectivity index (χ0v) is 14.2. The molecule has 25 heavy (non-hydrogen) atoms. The third kappa shape index (κ3) is 2.81. The molecule has 6 nitrogen and oxygen atoms in total. The van der Waals surface area contributed by atoms with Gasteiger partial charge < -0.3 is 0 Å². The van der Waals surface area contributed by atoms with Gasteiger partial charge in [-0.15, -0.1) is 0 Å². The second kappa shape index (κ2) is 6.14. The SMILES string of the molecule is Cn1c(=O)n(Cc2cccnn2)c2cc(-c3cccc(Cl)c3)cnc21. The lowest BCUT2D eigenvalue weighted by Crippen LogP contribution is -2.23. The highest BCUT2D eigenvalue weighted by molar-refractivity contribution is 6.30. The minimum absolute atomic E-state index is 0.142. The highest BCUT2D eigenvalue weighted by atomic mass is 35.5. The van der Waals surface area contributed by atoms with Gasteiger partial charge in [-0.3, -0.25) is 9.13 Å². The number of imidazole rings is 1. The van der Waals surface area contributed by atoms with Crippen LogP contribution in [0.1, 0.15) is 5.69 Å². The van der Waals surface area contributed by atoms with Gasteiger partial charge in [-0.2, -0.15) is 10.2 Å². The number of halogens is 1. The van der Waals surface area contributed by atoms with Gasteiger partial charge in [0.25, 0.3) is 0 Å². The van der Waals surface area contributed by atoms with Crippen molar-refractivity contribution in [1.82, 2.24) is 24.3 Å². The molecule has 4 aromatic rings. The summed E-state index contributed by atoms with van der Waals surface area (Å²) in [7, 11) is 1.71. The maximum Gasteiger partial charge on any atom is 0.330 e. The highest BCUT2D eigenvalue weighted by Gasteiger charge is 2.14. The normalized spacial score (nSPS) is 11.1. The molecule has 0 fully saturated rings. The fraction of sp³-hybridized carbons (Fsp3) is 0.111. The lowest BCUT2D eigenvalue weighted by Gasteiger charge is -2.05. The van der Waals surface area contributed by atoms with Crippen molar-refractivity contribution in [1.29, 1.82) is 0 Å². The number of hydrogen-bond donors (Lipinski definition) is 0. The number of nitrogens with zero attached hydrogens (tertiary/aromatic N) is 5. The molecule has 0 aliphatic carbocycles. The number of rotatable bonds is 3. The van der Waals surface area contributed by atoms with Crippen LogP contribution in [0.4, 0.5) is 0 Å². The molecule has 0 aliphatic rings. The van der Waals surface area contributed by atoms with E-state index in [1.807, 2.05) is 36.4 Å². The summed E-state index contributed by atoms with van der Waals surface area (Å²) >= 11 is 6.09. The van der Waals surface area contributed by atoms with E-state index in [1.54, 1.807) is 30.1 Å². The maximum atomic E-state index is 12.6. The molecule has 0 radical (unpaired) electrons. The molecular formula is C18H14ClN5O. The van der Waals surface area contributed by atoms with Crippen LogP contribution in [-0.4, -0.2) is 24.3 Å². The molecule has 0 spiro atoms. The highest BCUT2D eigenvalue weighted by Crippen LogP contribution is 2.24. The van der Waals surface area contributed by atoms with Gasteiger partial charge >= 0.3 is 5.69 Å². The van der Waals surface area contributed by atoms with Gasteiger partial charge in [-0.25, -0.2) is 9.78 Å². The van der Waals surface area contributed by atoms with Crippen LogP contribution in [0.5, 0.6) is 0 Å². The first kappa shape index (κ1) is 15.5. The predicted octanol–water partition coefficient (Wildman–Crippen LogP) is 2.89. The molecule has 3 aromatic heterocycles. The quantitative estimate of drug-likeness (QED) is 0.569. The smallest absolute Gasteiger partial charge is 0.284 e. The lowest BCUT2D eigenvalue weighted by molar-refractivity contribution is 0.710. The molecule has 0 amide bonds. The van der Waals surface area contributed by atoms with E-state index in [4.69, 9.17) is 11.6 Å². The zero-order chi connectivity index (χ0) is 17.4. The molecule has 124 valence electrons. The summed E-state index contributed by atoms with van der Waals surface area (Å²) in [6.07, 6.45) is 3.36. The molecule has 0 saturated heterocycles. The van der Waals surface area contributed by atoms with Crippen LogP contribution in [0.25, 0.3) is 22.3 Å². The second-order valence-electron chi connectivity index (χ2n) is 5.72. The number of pyridine rings is 1. The molecule has 0 unspecified atom stereocenters. The first-order chi connectivity index (χ1) is 12.1. The molecule has 3 heterocycles. The number of benzene rings is 1.